The van der Waals surface area contributed by atoms with E-state index in [0.29, 0.717) is 12.3 Å². The molecular formula is C12H17F3N2S. The van der Waals surface area contributed by atoms with Gasteiger partial charge in [-0.3, -0.25) is 4.98 Å². The zero-order chi connectivity index (χ0) is 13.6. The summed E-state index contributed by atoms with van der Waals surface area (Å²) in [5.41, 5.74) is -0.368. The van der Waals surface area contributed by atoms with Gasteiger partial charge in [-0.25, -0.2) is 0 Å². The van der Waals surface area contributed by atoms with Gasteiger partial charge >= 0.3 is 6.18 Å². The van der Waals surface area contributed by atoms with Crippen molar-refractivity contribution in [1.82, 2.24) is 10.3 Å². The van der Waals surface area contributed by atoms with E-state index < -0.39 is 11.7 Å². The van der Waals surface area contributed by atoms with Crippen molar-refractivity contribution < 1.29 is 13.2 Å². The van der Waals surface area contributed by atoms with Gasteiger partial charge in [0.25, 0.3) is 0 Å². The summed E-state index contributed by atoms with van der Waals surface area (Å²) in [5.74, 6) is 0.592. The zero-order valence-electron chi connectivity index (χ0n) is 10.4. The second kappa shape index (κ2) is 6.99. The van der Waals surface area contributed by atoms with Crippen LogP contribution in [-0.2, 0) is 6.18 Å². The van der Waals surface area contributed by atoms with Gasteiger partial charge in [0.05, 0.1) is 5.56 Å². The van der Waals surface area contributed by atoms with Gasteiger partial charge in [-0.15, -0.1) is 0 Å². The summed E-state index contributed by atoms with van der Waals surface area (Å²) in [6.07, 6.45) is 0.925. The van der Waals surface area contributed by atoms with Crippen molar-refractivity contribution in [2.24, 2.45) is 0 Å². The lowest BCUT2D eigenvalue weighted by Crippen LogP contribution is -2.27. The molecular weight excluding hydrogens is 261 g/mol. The van der Waals surface area contributed by atoms with Crippen LogP contribution in [0.1, 0.15) is 30.5 Å². The number of aromatic nitrogens is 1. The first-order valence-corrected chi connectivity index (χ1v) is 7.13. The Hall–Kier alpha value is -0.750. The van der Waals surface area contributed by atoms with Crippen LogP contribution in [0.25, 0.3) is 0 Å². The molecule has 18 heavy (non-hydrogen) atoms. The van der Waals surface area contributed by atoms with E-state index in [2.05, 4.69) is 10.3 Å². The molecule has 102 valence electrons. The first-order chi connectivity index (χ1) is 8.50. The van der Waals surface area contributed by atoms with Crippen LogP contribution in [0.5, 0.6) is 0 Å². The highest BCUT2D eigenvalue weighted by Crippen LogP contribution is 2.34. The fourth-order valence-electron chi connectivity index (χ4n) is 1.69. The number of pyridine rings is 1. The summed E-state index contributed by atoms with van der Waals surface area (Å²) in [4.78, 5) is 3.82. The molecule has 1 aromatic rings. The molecule has 1 heterocycles. The van der Waals surface area contributed by atoms with Crippen LogP contribution < -0.4 is 5.32 Å². The second-order valence-electron chi connectivity index (χ2n) is 3.92. The molecule has 0 fully saturated rings. The molecule has 1 N–H and O–H groups in total. The molecule has 0 spiro atoms. The fraction of sp³-hybridized carbons (Fsp3) is 0.583. The van der Waals surface area contributed by atoms with Gasteiger partial charge in [-0.05, 0) is 25.3 Å². The highest BCUT2D eigenvalue weighted by atomic mass is 32.2. The van der Waals surface area contributed by atoms with Crippen LogP contribution in [0, 0.1) is 0 Å². The van der Waals surface area contributed by atoms with Crippen LogP contribution in [0.3, 0.4) is 0 Å². The predicted octanol–water partition coefficient (Wildman–Crippen LogP) is 3.50. The number of hydrogen-bond acceptors (Lipinski definition) is 3. The maximum Gasteiger partial charge on any atom is 0.416 e. The van der Waals surface area contributed by atoms with Crippen LogP contribution in [0.4, 0.5) is 13.2 Å². The fourth-order valence-corrected chi connectivity index (χ4v) is 2.32. The van der Waals surface area contributed by atoms with Crippen molar-refractivity contribution in [3.8, 4) is 0 Å². The zero-order valence-corrected chi connectivity index (χ0v) is 11.2. The van der Waals surface area contributed by atoms with Gasteiger partial charge in [0.2, 0.25) is 0 Å². The van der Waals surface area contributed by atoms with Crippen molar-refractivity contribution in [3.63, 3.8) is 0 Å². The summed E-state index contributed by atoms with van der Waals surface area (Å²) in [5, 5.41) is 3.14. The van der Waals surface area contributed by atoms with Crippen molar-refractivity contribution in [1.29, 1.82) is 0 Å². The molecule has 0 aliphatic rings. The molecule has 0 saturated heterocycles. The topological polar surface area (TPSA) is 24.9 Å². The Morgan fingerprint density at radius 1 is 1.44 bits per heavy atom. The molecule has 2 nitrogen and oxygen atoms in total. The Morgan fingerprint density at radius 2 is 2.17 bits per heavy atom. The monoisotopic (exact) mass is 278 g/mol. The lowest BCUT2D eigenvalue weighted by Gasteiger charge is -2.21. The molecule has 0 amide bonds. The van der Waals surface area contributed by atoms with E-state index in [1.807, 2.05) is 13.2 Å². The standard InChI is InChI=1S/C12H17F3N2S/c1-3-5-17-11(8-18-2)9-7-16-6-4-10(9)12(13,14)15/h4,6-7,11,17H,3,5,8H2,1-2H3. The summed E-state index contributed by atoms with van der Waals surface area (Å²) >= 11 is 1.52. The number of rotatable bonds is 6. The summed E-state index contributed by atoms with van der Waals surface area (Å²) in [7, 11) is 0. The smallest absolute Gasteiger partial charge is 0.309 e. The number of nitrogens with zero attached hydrogens (tertiary/aromatic N) is 1. The first-order valence-electron chi connectivity index (χ1n) is 5.74. The molecule has 1 atom stereocenters. The maximum atomic E-state index is 12.9. The van der Waals surface area contributed by atoms with E-state index in [1.165, 1.54) is 24.2 Å². The van der Waals surface area contributed by atoms with Crippen molar-refractivity contribution in [2.75, 3.05) is 18.6 Å². The third-order valence-corrected chi connectivity index (χ3v) is 3.17. The third-order valence-electron chi connectivity index (χ3n) is 2.51. The van der Waals surface area contributed by atoms with Crippen molar-refractivity contribution in [3.05, 3.63) is 29.6 Å². The van der Waals surface area contributed by atoms with Gasteiger partial charge in [0.1, 0.15) is 0 Å². The molecule has 0 saturated carbocycles. The third kappa shape index (κ3) is 4.17. The Labute approximate surface area is 109 Å². The Kier molecular flexibility index (Phi) is 5.95. The number of alkyl halides is 3. The lowest BCUT2D eigenvalue weighted by atomic mass is 10.0. The highest BCUT2D eigenvalue weighted by molar-refractivity contribution is 7.98. The maximum absolute atomic E-state index is 12.9. The van der Waals surface area contributed by atoms with E-state index in [-0.39, 0.29) is 11.6 Å². The van der Waals surface area contributed by atoms with Crippen LogP contribution >= 0.6 is 11.8 Å². The van der Waals surface area contributed by atoms with E-state index in [4.69, 9.17) is 0 Å². The second-order valence-corrected chi connectivity index (χ2v) is 4.83. The van der Waals surface area contributed by atoms with Gasteiger partial charge in [0, 0.05) is 29.8 Å². The summed E-state index contributed by atoms with van der Waals surface area (Å²) < 4.78 is 38.7. The van der Waals surface area contributed by atoms with Gasteiger partial charge < -0.3 is 5.32 Å². The molecule has 6 heteroatoms. The van der Waals surface area contributed by atoms with E-state index >= 15 is 0 Å². The Balaban J connectivity index is 3.03. The largest absolute Gasteiger partial charge is 0.416 e. The SMILES string of the molecule is CCCNC(CSC)c1cnccc1C(F)(F)F. The van der Waals surface area contributed by atoms with Crippen molar-refractivity contribution >= 4 is 11.8 Å². The predicted molar refractivity (Wildman–Crippen MR) is 68.7 cm³/mol. The van der Waals surface area contributed by atoms with E-state index in [0.717, 1.165) is 12.5 Å². The average Bonchev–Trinajstić information content (AvgIpc) is 2.33. The minimum atomic E-state index is -4.33. The molecule has 0 bridgehead atoms. The van der Waals surface area contributed by atoms with Crippen LogP contribution in [0.2, 0.25) is 0 Å². The van der Waals surface area contributed by atoms with Crippen LogP contribution in [0.15, 0.2) is 18.5 Å². The van der Waals surface area contributed by atoms with Gasteiger partial charge in [-0.2, -0.15) is 24.9 Å². The molecule has 0 aromatic carbocycles. The highest BCUT2D eigenvalue weighted by Gasteiger charge is 2.35. The Morgan fingerprint density at radius 3 is 2.72 bits per heavy atom. The number of hydrogen-bond donors (Lipinski definition) is 1. The summed E-state index contributed by atoms with van der Waals surface area (Å²) in [6, 6.07) is 0.723. The molecule has 0 aliphatic heterocycles. The number of halogens is 3. The minimum absolute atomic E-state index is 0.229. The quantitative estimate of drug-likeness (QED) is 0.862. The number of thioether (sulfide) groups is 1. The van der Waals surface area contributed by atoms with Crippen molar-refractivity contribution in [2.45, 2.75) is 25.6 Å². The number of nitrogens with one attached hydrogen (secondary N) is 1. The molecule has 1 rings (SSSR count). The molecule has 1 unspecified atom stereocenters. The molecule has 0 aliphatic carbocycles. The lowest BCUT2D eigenvalue weighted by molar-refractivity contribution is -0.138. The van der Waals surface area contributed by atoms with E-state index in [9.17, 15) is 13.2 Å². The van der Waals surface area contributed by atoms with Gasteiger partial charge in [-0.1, -0.05) is 6.92 Å². The molecule has 1 aromatic heterocycles. The average molecular weight is 278 g/mol. The normalized spacial score (nSPS) is 13.6. The van der Waals surface area contributed by atoms with Gasteiger partial charge in [0.15, 0.2) is 0 Å². The molecule has 0 radical (unpaired) electrons. The van der Waals surface area contributed by atoms with Crippen LogP contribution in [-0.4, -0.2) is 23.5 Å². The Bertz CT molecular complexity index is 369. The summed E-state index contributed by atoms with van der Waals surface area (Å²) in [6.45, 7) is 2.68. The first kappa shape index (κ1) is 15.3. The minimum Gasteiger partial charge on any atom is -0.309 e. The van der Waals surface area contributed by atoms with E-state index in [1.54, 1.807) is 0 Å².